The number of aryl methyl sites for hydroxylation is 1. The summed E-state index contributed by atoms with van der Waals surface area (Å²) >= 11 is 0. The molecule has 3 rings (SSSR count). The molecule has 1 saturated heterocycles. The van der Waals surface area contributed by atoms with Crippen LogP contribution in [0.15, 0.2) is 30.6 Å². The number of piperidine rings is 1. The van der Waals surface area contributed by atoms with Gasteiger partial charge in [0.2, 0.25) is 0 Å². The zero-order chi connectivity index (χ0) is 17.6. The number of amides is 2. The standard InChI is InChI=1S/C18H24N4O3/c23-12-14-5-3-9-21(11-14)18(25)17(24)19-8-4-10-22-13-20-15-6-1-2-7-16(15)22/h1-2,6-7,13-14,23H,3-5,8-12H2,(H,19,24). The normalized spacial score (nSPS) is 17.6. The van der Waals surface area contributed by atoms with Gasteiger partial charge < -0.3 is 19.9 Å². The van der Waals surface area contributed by atoms with E-state index in [1.54, 1.807) is 11.2 Å². The number of aliphatic hydroxyl groups is 1. The molecule has 1 fully saturated rings. The average molecular weight is 344 g/mol. The first-order valence-electron chi connectivity index (χ1n) is 8.77. The summed E-state index contributed by atoms with van der Waals surface area (Å²) in [6, 6.07) is 7.90. The summed E-state index contributed by atoms with van der Waals surface area (Å²) in [5, 5.41) is 11.9. The lowest BCUT2D eigenvalue weighted by molar-refractivity contribution is -0.147. The van der Waals surface area contributed by atoms with Crippen molar-refractivity contribution in [3.8, 4) is 0 Å². The SMILES string of the molecule is O=C(NCCCn1cnc2ccccc21)C(=O)N1CCCC(CO)C1. The van der Waals surface area contributed by atoms with Gasteiger partial charge in [0.25, 0.3) is 0 Å². The third-order valence-corrected chi connectivity index (χ3v) is 4.65. The Balaban J connectivity index is 1.44. The summed E-state index contributed by atoms with van der Waals surface area (Å²) in [5.74, 6) is -0.972. The van der Waals surface area contributed by atoms with Gasteiger partial charge in [0.1, 0.15) is 0 Å². The van der Waals surface area contributed by atoms with Gasteiger partial charge in [-0.25, -0.2) is 4.98 Å². The maximum atomic E-state index is 12.2. The molecular weight excluding hydrogens is 320 g/mol. The third-order valence-electron chi connectivity index (χ3n) is 4.65. The first-order valence-corrected chi connectivity index (χ1v) is 8.77. The Morgan fingerprint density at radius 3 is 3.00 bits per heavy atom. The number of imidazole rings is 1. The van der Waals surface area contributed by atoms with Gasteiger partial charge in [0.15, 0.2) is 0 Å². The Kier molecular flexibility index (Phi) is 5.65. The number of aromatic nitrogens is 2. The first kappa shape index (κ1) is 17.4. The van der Waals surface area contributed by atoms with Crippen LogP contribution in [-0.4, -0.2) is 57.6 Å². The van der Waals surface area contributed by atoms with Crippen LogP contribution in [0.25, 0.3) is 11.0 Å². The molecule has 0 aliphatic carbocycles. The minimum atomic E-state index is -0.561. The number of likely N-dealkylation sites (tertiary alicyclic amines) is 1. The molecule has 1 aliphatic rings. The molecule has 7 heteroatoms. The number of hydrogen-bond donors (Lipinski definition) is 2. The fourth-order valence-electron chi connectivity index (χ4n) is 3.26. The van der Waals surface area contributed by atoms with Crippen molar-refractivity contribution in [3.05, 3.63) is 30.6 Å². The molecule has 2 heterocycles. The highest BCUT2D eigenvalue weighted by molar-refractivity contribution is 6.35. The van der Waals surface area contributed by atoms with E-state index in [1.807, 2.05) is 28.8 Å². The minimum absolute atomic E-state index is 0.0598. The number of hydrogen-bond acceptors (Lipinski definition) is 4. The second kappa shape index (κ2) is 8.11. The van der Waals surface area contributed by atoms with Gasteiger partial charge in [-0.1, -0.05) is 12.1 Å². The van der Waals surface area contributed by atoms with E-state index in [-0.39, 0.29) is 12.5 Å². The highest BCUT2D eigenvalue weighted by atomic mass is 16.3. The van der Waals surface area contributed by atoms with Crippen LogP contribution < -0.4 is 5.32 Å². The van der Waals surface area contributed by atoms with Crippen molar-refractivity contribution < 1.29 is 14.7 Å². The number of nitrogens with one attached hydrogen (secondary N) is 1. The molecule has 2 aromatic rings. The molecule has 1 unspecified atom stereocenters. The predicted octanol–water partition coefficient (Wildman–Crippen LogP) is 0.773. The zero-order valence-corrected chi connectivity index (χ0v) is 14.2. The molecular formula is C18H24N4O3. The average Bonchev–Trinajstić information content (AvgIpc) is 3.07. The summed E-state index contributed by atoms with van der Waals surface area (Å²) in [7, 11) is 0. The van der Waals surface area contributed by atoms with Crippen LogP contribution in [0.2, 0.25) is 0 Å². The van der Waals surface area contributed by atoms with Crippen LogP contribution >= 0.6 is 0 Å². The molecule has 0 radical (unpaired) electrons. The van der Waals surface area contributed by atoms with Crippen LogP contribution in [0.3, 0.4) is 0 Å². The molecule has 25 heavy (non-hydrogen) atoms. The Labute approximate surface area is 146 Å². The van der Waals surface area contributed by atoms with E-state index in [0.29, 0.717) is 19.6 Å². The molecule has 1 aromatic carbocycles. The van der Waals surface area contributed by atoms with Gasteiger partial charge >= 0.3 is 11.8 Å². The summed E-state index contributed by atoms with van der Waals surface area (Å²) in [5.41, 5.74) is 2.01. The number of aliphatic hydroxyl groups excluding tert-OH is 1. The molecule has 134 valence electrons. The molecule has 0 saturated carbocycles. The lowest BCUT2D eigenvalue weighted by Gasteiger charge is -2.31. The lowest BCUT2D eigenvalue weighted by atomic mass is 9.99. The first-order chi connectivity index (χ1) is 12.2. The lowest BCUT2D eigenvalue weighted by Crippen LogP contribution is -2.48. The fraction of sp³-hybridized carbons (Fsp3) is 0.500. The van der Waals surface area contributed by atoms with Gasteiger partial charge in [0, 0.05) is 32.8 Å². The molecule has 2 amide bonds. The molecule has 7 nitrogen and oxygen atoms in total. The van der Waals surface area contributed by atoms with E-state index < -0.39 is 11.8 Å². The van der Waals surface area contributed by atoms with E-state index in [4.69, 9.17) is 0 Å². The Bertz CT molecular complexity index is 743. The van der Waals surface area contributed by atoms with Crippen LogP contribution in [0.1, 0.15) is 19.3 Å². The van der Waals surface area contributed by atoms with Gasteiger partial charge in [-0.15, -0.1) is 0 Å². The van der Waals surface area contributed by atoms with E-state index in [1.165, 1.54) is 0 Å². The largest absolute Gasteiger partial charge is 0.396 e. The molecule has 1 aliphatic heterocycles. The number of fused-ring (bicyclic) bond motifs is 1. The van der Waals surface area contributed by atoms with Gasteiger partial charge in [0.05, 0.1) is 17.4 Å². The van der Waals surface area contributed by atoms with Crippen molar-refractivity contribution in [2.75, 3.05) is 26.2 Å². The van der Waals surface area contributed by atoms with Crippen molar-refractivity contribution in [1.29, 1.82) is 0 Å². The number of benzene rings is 1. The van der Waals surface area contributed by atoms with Gasteiger partial charge in [-0.3, -0.25) is 9.59 Å². The van der Waals surface area contributed by atoms with E-state index in [0.717, 1.165) is 36.8 Å². The number of rotatable bonds is 5. The van der Waals surface area contributed by atoms with Crippen LogP contribution in [-0.2, 0) is 16.1 Å². The highest BCUT2D eigenvalue weighted by Crippen LogP contribution is 2.15. The molecule has 2 N–H and O–H groups in total. The maximum Gasteiger partial charge on any atom is 0.311 e. The predicted molar refractivity (Wildman–Crippen MR) is 93.7 cm³/mol. The van der Waals surface area contributed by atoms with Crippen LogP contribution in [0.5, 0.6) is 0 Å². The number of nitrogens with zero attached hydrogens (tertiary/aromatic N) is 3. The zero-order valence-electron chi connectivity index (χ0n) is 14.2. The van der Waals surface area contributed by atoms with E-state index in [9.17, 15) is 14.7 Å². The molecule has 1 atom stereocenters. The Morgan fingerprint density at radius 2 is 2.16 bits per heavy atom. The maximum absolute atomic E-state index is 12.2. The second-order valence-corrected chi connectivity index (χ2v) is 6.48. The topological polar surface area (TPSA) is 87.5 Å². The second-order valence-electron chi connectivity index (χ2n) is 6.48. The highest BCUT2D eigenvalue weighted by Gasteiger charge is 2.27. The van der Waals surface area contributed by atoms with E-state index >= 15 is 0 Å². The van der Waals surface area contributed by atoms with Crippen LogP contribution in [0.4, 0.5) is 0 Å². The Morgan fingerprint density at radius 1 is 1.32 bits per heavy atom. The molecule has 0 spiro atoms. The number of carbonyl (C=O) groups excluding carboxylic acids is 2. The number of carbonyl (C=O) groups is 2. The number of para-hydroxylation sites is 2. The smallest absolute Gasteiger partial charge is 0.311 e. The Hall–Kier alpha value is -2.41. The summed E-state index contributed by atoms with van der Waals surface area (Å²) < 4.78 is 2.04. The summed E-state index contributed by atoms with van der Waals surface area (Å²) in [4.78, 5) is 30.1. The molecule has 0 bridgehead atoms. The van der Waals surface area contributed by atoms with Crippen molar-refractivity contribution in [3.63, 3.8) is 0 Å². The molecule has 1 aromatic heterocycles. The summed E-state index contributed by atoms with van der Waals surface area (Å²) in [6.07, 6.45) is 4.25. The minimum Gasteiger partial charge on any atom is -0.396 e. The monoisotopic (exact) mass is 344 g/mol. The van der Waals surface area contributed by atoms with Crippen molar-refractivity contribution in [2.45, 2.75) is 25.8 Å². The van der Waals surface area contributed by atoms with Crippen LogP contribution in [0, 0.1) is 5.92 Å². The third kappa shape index (κ3) is 4.17. The van der Waals surface area contributed by atoms with Crippen molar-refractivity contribution >= 4 is 22.8 Å². The summed E-state index contributed by atoms with van der Waals surface area (Å²) in [6.45, 7) is 2.28. The van der Waals surface area contributed by atoms with Crippen molar-refractivity contribution in [1.82, 2.24) is 19.8 Å². The van der Waals surface area contributed by atoms with Gasteiger partial charge in [-0.2, -0.15) is 0 Å². The van der Waals surface area contributed by atoms with E-state index in [2.05, 4.69) is 10.3 Å². The van der Waals surface area contributed by atoms with Crippen molar-refractivity contribution in [2.24, 2.45) is 5.92 Å². The van der Waals surface area contributed by atoms with Gasteiger partial charge in [-0.05, 0) is 37.3 Å². The quantitative estimate of drug-likeness (QED) is 0.620. The fourth-order valence-corrected chi connectivity index (χ4v) is 3.26.